The third-order valence-corrected chi connectivity index (χ3v) is 5.46. The minimum absolute atomic E-state index is 0.314. The summed E-state index contributed by atoms with van der Waals surface area (Å²) < 4.78 is 0. The number of aliphatic hydroxyl groups is 1. The van der Waals surface area contributed by atoms with Crippen molar-refractivity contribution in [2.45, 2.75) is 58.1 Å². The molecule has 2 rings (SSSR count). The fourth-order valence-electron chi connectivity index (χ4n) is 3.73. The zero-order chi connectivity index (χ0) is 19.7. The van der Waals surface area contributed by atoms with Crippen molar-refractivity contribution in [3.63, 3.8) is 0 Å². The van der Waals surface area contributed by atoms with Gasteiger partial charge in [-0.15, -0.1) is 6.42 Å². The predicted molar refractivity (Wildman–Crippen MR) is 101 cm³/mol. The number of likely N-dealkylation sites (tertiary alicyclic amines) is 1. The van der Waals surface area contributed by atoms with Crippen LogP contribution in [-0.4, -0.2) is 40.0 Å². The van der Waals surface area contributed by atoms with Gasteiger partial charge in [-0.2, -0.15) is 0 Å². The summed E-state index contributed by atoms with van der Waals surface area (Å²) in [5.74, 6) is 1.26. The van der Waals surface area contributed by atoms with E-state index in [9.17, 15) is 14.7 Å². The Kier molecular flexibility index (Phi) is 5.48. The van der Waals surface area contributed by atoms with Crippen LogP contribution in [0.3, 0.4) is 0 Å². The molecule has 1 saturated heterocycles. The Morgan fingerprint density at radius 3 is 2.35 bits per heavy atom. The molecule has 0 saturated carbocycles. The number of carbonyl (C=O) groups excluding carboxylic acids is 2. The third kappa shape index (κ3) is 3.34. The van der Waals surface area contributed by atoms with Gasteiger partial charge in [0.05, 0.1) is 0 Å². The van der Waals surface area contributed by atoms with E-state index in [1.165, 1.54) is 4.90 Å². The van der Waals surface area contributed by atoms with E-state index in [0.29, 0.717) is 19.4 Å². The summed E-state index contributed by atoms with van der Waals surface area (Å²) in [6.07, 6.45) is 5.34. The molecule has 5 nitrogen and oxygen atoms in total. The lowest BCUT2D eigenvalue weighted by molar-refractivity contribution is -0.155. The second kappa shape index (κ2) is 7.13. The SMILES string of the molecule is C#Cc1ccc([C@H](C)C2(C(N)=O)CCCN2C(=O)[C@@H](O)C(C)(C)C)cc1. The van der Waals surface area contributed by atoms with Gasteiger partial charge in [0.15, 0.2) is 0 Å². The highest BCUT2D eigenvalue weighted by atomic mass is 16.3. The van der Waals surface area contributed by atoms with Crippen LogP contribution in [0.25, 0.3) is 0 Å². The zero-order valence-corrected chi connectivity index (χ0v) is 16.0. The lowest BCUT2D eigenvalue weighted by Crippen LogP contribution is -2.61. The molecular formula is C21H28N2O3. The lowest BCUT2D eigenvalue weighted by atomic mass is 9.76. The molecule has 3 N–H and O–H groups in total. The van der Waals surface area contributed by atoms with Gasteiger partial charge in [0.1, 0.15) is 11.6 Å². The number of terminal acetylenes is 1. The van der Waals surface area contributed by atoms with Crippen LogP contribution in [0.4, 0.5) is 0 Å². The molecule has 1 heterocycles. The van der Waals surface area contributed by atoms with E-state index in [0.717, 1.165) is 11.1 Å². The molecule has 1 aliphatic heterocycles. The lowest BCUT2D eigenvalue weighted by Gasteiger charge is -2.43. The number of amides is 2. The van der Waals surface area contributed by atoms with Crippen molar-refractivity contribution in [3.8, 4) is 12.3 Å². The molecule has 0 aliphatic carbocycles. The van der Waals surface area contributed by atoms with Gasteiger partial charge in [0.25, 0.3) is 5.91 Å². The van der Waals surface area contributed by atoms with Gasteiger partial charge in [-0.1, -0.05) is 45.7 Å². The number of carbonyl (C=O) groups is 2. The average molecular weight is 356 g/mol. The summed E-state index contributed by atoms with van der Waals surface area (Å²) in [4.78, 5) is 27.0. The molecule has 1 fully saturated rings. The van der Waals surface area contributed by atoms with E-state index in [1.54, 1.807) is 20.8 Å². The number of nitrogens with two attached hydrogens (primary N) is 1. The summed E-state index contributed by atoms with van der Waals surface area (Å²) in [5.41, 5.74) is 5.67. The Bertz CT molecular complexity index is 727. The van der Waals surface area contributed by atoms with Crippen molar-refractivity contribution >= 4 is 11.8 Å². The number of hydrogen-bond donors (Lipinski definition) is 2. The minimum atomic E-state index is -1.20. The van der Waals surface area contributed by atoms with E-state index in [1.807, 2.05) is 31.2 Å². The number of aliphatic hydroxyl groups excluding tert-OH is 1. The first kappa shape index (κ1) is 20.0. The second-order valence-electron chi connectivity index (χ2n) is 8.14. The molecule has 3 atom stereocenters. The normalized spacial score (nSPS) is 22.5. The van der Waals surface area contributed by atoms with E-state index >= 15 is 0 Å². The largest absolute Gasteiger partial charge is 0.383 e. The Balaban J connectivity index is 2.45. The van der Waals surface area contributed by atoms with Crippen LogP contribution in [0.2, 0.25) is 0 Å². The molecule has 1 aliphatic rings. The Morgan fingerprint density at radius 1 is 1.31 bits per heavy atom. The molecule has 2 amide bonds. The number of rotatable bonds is 4. The summed E-state index contributed by atoms with van der Waals surface area (Å²) in [6, 6.07) is 7.36. The van der Waals surface area contributed by atoms with Crippen molar-refractivity contribution in [2.24, 2.45) is 11.1 Å². The molecule has 5 heteroatoms. The van der Waals surface area contributed by atoms with Crippen LogP contribution in [0, 0.1) is 17.8 Å². The second-order valence-corrected chi connectivity index (χ2v) is 8.14. The maximum absolute atomic E-state index is 13.0. The van der Waals surface area contributed by atoms with Crippen molar-refractivity contribution < 1.29 is 14.7 Å². The first-order valence-electron chi connectivity index (χ1n) is 8.91. The summed E-state index contributed by atoms with van der Waals surface area (Å²) in [6.45, 7) is 7.67. The van der Waals surface area contributed by atoms with Crippen LogP contribution >= 0.6 is 0 Å². The zero-order valence-electron chi connectivity index (χ0n) is 16.0. The van der Waals surface area contributed by atoms with Gasteiger partial charge >= 0.3 is 0 Å². The molecule has 0 aromatic heterocycles. The van der Waals surface area contributed by atoms with Gasteiger partial charge in [-0.25, -0.2) is 0 Å². The molecule has 1 aromatic carbocycles. The summed E-state index contributed by atoms with van der Waals surface area (Å²) in [5, 5.41) is 10.5. The quantitative estimate of drug-likeness (QED) is 0.810. The highest BCUT2D eigenvalue weighted by Gasteiger charge is 2.54. The standard InChI is InChI=1S/C21H28N2O3/c1-6-15-8-10-16(11-9-15)14(2)21(19(22)26)12-7-13-23(21)18(25)17(24)20(3,4)5/h1,8-11,14,17,24H,7,12-13H2,2-5H3,(H2,22,26)/t14-,17+,21?/m0/s1. The van der Waals surface area contributed by atoms with Gasteiger partial charge in [-0.05, 0) is 36.0 Å². The van der Waals surface area contributed by atoms with E-state index in [-0.39, 0.29) is 5.92 Å². The first-order valence-corrected chi connectivity index (χ1v) is 8.91. The van der Waals surface area contributed by atoms with Crippen molar-refractivity contribution in [1.29, 1.82) is 0 Å². The fraction of sp³-hybridized carbons (Fsp3) is 0.524. The van der Waals surface area contributed by atoms with E-state index in [2.05, 4.69) is 5.92 Å². The molecule has 1 unspecified atom stereocenters. The molecule has 0 radical (unpaired) electrons. The van der Waals surface area contributed by atoms with Gasteiger partial charge in [0, 0.05) is 18.0 Å². The van der Waals surface area contributed by atoms with Crippen LogP contribution < -0.4 is 5.73 Å². The number of nitrogens with zero attached hydrogens (tertiary/aromatic N) is 1. The highest BCUT2D eigenvalue weighted by molar-refractivity contribution is 5.93. The van der Waals surface area contributed by atoms with Crippen molar-refractivity contribution in [1.82, 2.24) is 4.90 Å². The Labute approximate surface area is 155 Å². The summed E-state index contributed by atoms with van der Waals surface area (Å²) >= 11 is 0. The topological polar surface area (TPSA) is 83.6 Å². The third-order valence-electron chi connectivity index (χ3n) is 5.46. The highest BCUT2D eigenvalue weighted by Crippen LogP contribution is 2.42. The van der Waals surface area contributed by atoms with Crippen LogP contribution in [0.5, 0.6) is 0 Å². The molecule has 140 valence electrons. The molecule has 0 bridgehead atoms. The van der Waals surface area contributed by atoms with Crippen LogP contribution in [-0.2, 0) is 9.59 Å². The Morgan fingerprint density at radius 2 is 1.88 bits per heavy atom. The average Bonchev–Trinajstić information content (AvgIpc) is 3.05. The van der Waals surface area contributed by atoms with Crippen LogP contribution in [0.1, 0.15) is 57.6 Å². The van der Waals surface area contributed by atoms with Gasteiger partial charge in [-0.3, -0.25) is 9.59 Å². The van der Waals surface area contributed by atoms with Gasteiger partial charge < -0.3 is 15.7 Å². The van der Waals surface area contributed by atoms with Crippen molar-refractivity contribution in [3.05, 3.63) is 35.4 Å². The number of benzene rings is 1. The number of primary amides is 1. The van der Waals surface area contributed by atoms with E-state index < -0.39 is 28.9 Å². The molecule has 1 aromatic rings. The fourth-order valence-corrected chi connectivity index (χ4v) is 3.73. The predicted octanol–water partition coefficient (Wildman–Crippen LogP) is 2.02. The summed E-state index contributed by atoms with van der Waals surface area (Å²) in [7, 11) is 0. The monoisotopic (exact) mass is 356 g/mol. The van der Waals surface area contributed by atoms with Gasteiger partial charge in [0.2, 0.25) is 5.91 Å². The minimum Gasteiger partial charge on any atom is -0.383 e. The van der Waals surface area contributed by atoms with Crippen LogP contribution in [0.15, 0.2) is 24.3 Å². The molecule has 0 spiro atoms. The Hall–Kier alpha value is -2.32. The number of hydrogen-bond acceptors (Lipinski definition) is 3. The maximum Gasteiger partial charge on any atom is 0.252 e. The molecular weight excluding hydrogens is 328 g/mol. The van der Waals surface area contributed by atoms with E-state index in [4.69, 9.17) is 12.2 Å². The first-order chi connectivity index (χ1) is 12.1. The molecule has 26 heavy (non-hydrogen) atoms. The maximum atomic E-state index is 13.0. The van der Waals surface area contributed by atoms with Crippen molar-refractivity contribution in [2.75, 3.05) is 6.54 Å². The smallest absolute Gasteiger partial charge is 0.252 e.